The van der Waals surface area contributed by atoms with Gasteiger partial charge < -0.3 is 5.11 Å². The molecule has 0 amide bonds. The van der Waals surface area contributed by atoms with Crippen molar-refractivity contribution in [2.24, 2.45) is 0 Å². The van der Waals surface area contributed by atoms with Crippen LogP contribution in [0.1, 0.15) is 24.5 Å². The van der Waals surface area contributed by atoms with Crippen LogP contribution in [-0.4, -0.2) is 10.1 Å². The minimum atomic E-state index is 0.281. The average Bonchev–Trinajstić information content (AvgIpc) is 2.22. The Kier molecular flexibility index (Phi) is 2.58. The summed E-state index contributed by atoms with van der Waals surface area (Å²) < 4.78 is 0. The molecule has 0 bridgehead atoms. The Morgan fingerprint density at radius 2 is 2.07 bits per heavy atom. The van der Waals surface area contributed by atoms with Crippen LogP contribution in [0.5, 0.6) is 5.75 Å². The molecule has 2 nitrogen and oxygen atoms in total. The molecule has 2 aromatic rings. The molecule has 0 saturated heterocycles. The van der Waals surface area contributed by atoms with Gasteiger partial charge in [0.25, 0.3) is 0 Å². The van der Waals surface area contributed by atoms with Crippen LogP contribution >= 0.6 is 0 Å². The van der Waals surface area contributed by atoms with Gasteiger partial charge in [-0.25, -0.2) is 0 Å². The molecular formula is C13H15NO. The first-order valence-electron chi connectivity index (χ1n) is 5.29. The molecule has 0 aliphatic rings. The van der Waals surface area contributed by atoms with Crippen molar-refractivity contribution in [3.05, 3.63) is 35.7 Å². The van der Waals surface area contributed by atoms with Crippen molar-refractivity contribution in [3.8, 4) is 5.75 Å². The Balaban J connectivity index is 2.71. The highest BCUT2D eigenvalue weighted by molar-refractivity contribution is 5.90. The van der Waals surface area contributed by atoms with Crippen molar-refractivity contribution >= 4 is 10.8 Å². The Bertz CT molecular complexity index is 491. The minimum absolute atomic E-state index is 0.281. The molecule has 0 radical (unpaired) electrons. The Hall–Kier alpha value is -1.57. The standard InChI is InChI=1S/C13H15NO/c1-3-4-10-5-6-11-7-14-8-12(15)13(11)9(10)2/h5-8,15H,3-4H2,1-2H3. The maximum absolute atomic E-state index is 9.78. The molecule has 0 saturated carbocycles. The lowest BCUT2D eigenvalue weighted by molar-refractivity contribution is 0.479. The molecule has 0 aliphatic carbocycles. The zero-order valence-electron chi connectivity index (χ0n) is 9.12. The number of fused-ring (bicyclic) bond motifs is 1. The first kappa shape index (κ1) is 9.97. The van der Waals surface area contributed by atoms with Crippen LogP contribution < -0.4 is 0 Å². The number of hydrogen-bond acceptors (Lipinski definition) is 2. The van der Waals surface area contributed by atoms with Crippen molar-refractivity contribution in [1.29, 1.82) is 0 Å². The second-order valence-corrected chi connectivity index (χ2v) is 3.86. The fourth-order valence-corrected chi connectivity index (χ4v) is 2.02. The van der Waals surface area contributed by atoms with Crippen LogP contribution in [0, 0.1) is 6.92 Å². The van der Waals surface area contributed by atoms with Gasteiger partial charge in [0, 0.05) is 17.0 Å². The smallest absolute Gasteiger partial charge is 0.141 e. The highest BCUT2D eigenvalue weighted by atomic mass is 16.3. The molecule has 0 unspecified atom stereocenters. The molecule has 0 spiro atoms. The van der Waals surface area contributed by atoms with E-state index in [2.05, 4.69) is 24.9 Å². The normalized spacial score (nSPS) is 10.8. The van der Waals surface area contributed by atoms with E-state index in [0.717, 1.165) is 23.6 Å². The predicted octanol–water partition coefficient (Wildman–Crippen LogP) is 3.20. The van der Waals surface area contributed by atoms with Gasteiger partial charge in [-0.15, -0.1) is 0 Å². The zero-order valence-corrected chi connectivity index (χ0v) is 9.12. The number of nitrogens with zero attached hydrogens (tertiary/aromatic N) is 1. The van der Waals surface area contributed by atoms with Crippen molar-refractivity contribution in [1.82, 2.24) is 4.98 Å². The molecule has 2 heteroatoms. The summed E-state index contributed by atoms with van der Waals surface area (Å²) in [5.74, 6) is 0.281. The van der Waals surface area contributed by atoms with Crippen LogP contribution in [0.2, 0.25) is 0 Å². The van der Waals surface area contributed by atoms with Gasteiger partial charge in [0.15, 0.2) is 0 Å². The summed E-state index contributed by atoms with van der Waals surface area (Å²) >= 11 is 0. The monoisotopic (exact) mass is 201 g/mol. The second kappa shape index (κ2) is 3.89. The lowest BCUT2D eigenvalue weighted by Crippen LogP contribution is -1.90. The number of aromatic nitrogens is 1. The molecule has 78 valence electrons. The van der Waals surface area contributed by atoms with Gasteiger partial charge in [-0.1, -0.05) is 25.5 Å². The molecule has 1 heterocycles. The molecule has 0 fully saturated rings. The Labute approximate surface area is 89.6 Å². The number of benzene rings is 1. The number of aryl methyl sites for hydroxylation is 2. The van der Waals surface area contributed by atoms with Gasteiger partial charge in [-0.2, -0.15) is 0 Å². The van der Waals surface area contributed by atoms with Crippen LogP contribution in [-0.2, 0) is 6.42 Å². The number of aromatic hydroxyl groups is 1. The fourth-order valence-electron chi connectivity index (χ4n) is 2.02. The van der Waals surface area contributed by atoms with E-state index in [-0.39, 0.29) is 5.75 Å². The maximum Gasteiger partial charge on any atom is 0.141 e. The van der Waals surface area contributed by atoms with Crippen molar-refractivity contribution < 1.29 is 5.11 Å². The highest BCUT2D eigenvalue weighted by Crippen LogP contribution is 2.29. The summed E-state index contributed by atoms with van der Waals surface area (Å²) in [5, 5.41) is 11.7. The lowest BCUT2D eigenvalue weighted by atomic mass is 9.98. The quantitative estimate of drug-likeness (QED) is 0.809. The summed E-state index contributed by atoms with van der Waals surface area (Å²) in [5.41, 5.74) is 2.49. The van der Waals surface area contributed by atoms with Gasteiger partial charge in [-0.05, 0) is 24.5 Å². The Morgan fingerprint density at radius 1 is 1.27 bits per heavy atom. The third kappa shape index (κ3) is 1.67. The molecule has 1 aromatic carbocycles. The van der Waals surface area contributed by atoms with Crippen molar-refractivity contribution in [2.45, 2.75) is 26.7 Å². The van der Waals surface area contributed by atoms with E-state index in [1.54, 1.807) is 6.20 Å². The average molecular weight is 201 g/mol. The minimum Gasteiger partial charge on any atom is -0.506 e. The number of pyridine rings is 1. The summed E-state index contributed by atoms with van der Waals surface area (Å²) in [4.78, 5) is 3.98. The molecule has 2 rings (SSSR count). The van der Waals surface area contributed by atoms with Crippen molar-refractivity contribution in [2.75, 3.05) is 0 Å². The lowest BCUT2D eigenvalue weighted by Gasteiger charge is -2.09. The SMILES string of the molecule is CCCc1ccc2cncc(O)c2c1C. The van der Waals surface area contributed by atoms with Crippen LogP contribution in [0.25, 0.3) is 10.8 Å². The van der Waals surface area contributed by atoms with Gasteiger partial charge in [0.1, 0.15) is 5.75 Å². The first-order valence-corrected chi connectivity index (χ1v) is 5.29. The van der Waals surface area contributed by atoms with Crippen molar-refractivity contribution in [3.63, 3.8) is 0 Å². The van der Waals surface area contributed by atoms with Gasteiger partial charge >= 0.3 is 0 Å². The van der Waals surface area contributed by atoms with Gasteiger partial charge in [-0.3, -0.25) is 4.98 Å². The van der Waals surface area contributed by atoms with E-state index >= 15 is 0 Å². The number of hydrogen-bond donors (Lipinski definition) is 1. The molecule has 0 atom stereocenters. The van der Waals surface area contributed by atoms with E-state index in [1.807, 2.05) is 6.07 Å². The number of rotatable bonds is 2. The maximum atomic E-state index is 9.78. The van der Waals surface area contributed by atoms with E-state index < -0.39 is 0 Å². The van der Waals surface area contributed by atoms with Gasteiger partial charge in [0.05, 0.1) is 6.20 Å². The zero-order chi connectivity index (χ0) is 10.8. The van der Waals surface area contributed by atoms with E-state index in [4.69, 9.17) is 0 Å². The third-order valence-corrected chi connectivity index (χ3v) is 2.80. The van der Waals surface area contributed by atoms with Crippen LogP contribution in [0.3, 0.4) is 0 Å². The second-order valence-electron chi connectivity index (χ2n) is 3.86. The summed E-state index contributed by atoms with van der Waals surface area (Å²) in [7, 11) is 0. The van der Waals surface area contributed by atoms with Gasteiger partial charge in [0.2, 0.25) is 0 Å². The first-order chi connectivity index (χ1) is 7.24. The van der Waals surface area contributed by atoms with E-state index in [1.165, 1.54) is 17.3 Å². The predicted molar refractivity (Wildman–Crippen MR) is 62.1 cm³/mol. The van der Waals surface area contributed by atoms with E-state index in [9.17, 15) is 5.11 Å². The molecule has 1 aromatic heterocycles. The largest absolute Gasteiger partial charge is 0.506 e. The summed E-state index contributed by atoms with van der Waals surface area (Å²) in [6.45, 7) is 4.23. The molecule has 15 heavy (non-hydrogen) atoms. The Morgan fingerprint density at radius 3 is 2.80 bits per heavy atom. The highest BCUT2D eigenvalue weighted by Gasteiger charge is 2.06. The molecule has 1 N–H and O–H groups in total. The van der Waals surface area contributed by atoms with E-state index in [0.29, 0.717) is 0 Å². The summed E-state index contributed by atoms with van der Waals surface area (Å²) in [6, 6.07) is 4.16. The molecular weight excluding hydrogens is 186 g/mol. The topological polar surface area (TPSA) is 33.1 Å². The third-order valence-electron chi connectivity index (χ3n) is 2.80. The summed E-state index contributed by atoms with van der Waals surface area (Å²) in [6.07, 6.45) is 5.48. The van der Waals surface area contributed by atoms with Crippen LogP contribution in [0.15, 0.2) is 24.5 Å². The fraction of sp³-hybridized carbons (Fsp3) is 0.308. The van der Waals surface area contributed by atoms with Crippen LogP contribution in [0.4, 0.5) is 0 Å². The molecule has 0 aliphatic heterocycles.